The van der Waals surface area contributed by atoms with Crippen molar-refractivity contribution >= 4 is 11.6 Å². The van der Waals surface area contributed by atoms with Gasteiger partial charge in [0.15, 0.2) is 0 Å². The van der Waals surface area contributed by atoms with Gasteiger partial charge >= 0.3 is 0 Å². The normalized spacial score (nSPS) is 12.2. The Bertz CT molecular complexity index is 580. The number of pyridine rings is 1. The number of aromatic nitrogens is 1. The number of nitro groups is 1. The lowest BCUT2D eigenvalue weighted by Gasteiger charge is -2.15. The van der Waals surface area contributed by atoms with Crippen LogP contribution in [-0.4, -0.2) is 21.4 Å². The molecule has 0 bridgehead atoms. The summed E-state index contributed by atoms with van der Waals surface area (Å²) < 4.78 is 1.05. The molecule has 0 saturated heterocycles. The Kier molecular flexibility index (Phi) is 6.75. The van der Waals surface area contributed by atoms with Crippen molar-refractivity contribution in [3.63, 3.8) is 0 Å². The van der Waals surface area contributed by atoms with Crippen LogP contribution >= 0.6 is 0 Å². The van der Waals surface area contributed by atoms with Gasteiger partial charge in [0.1, 0.15) is 6.54 Å². The van der Waals surface area contributed by atoms with E-state index in [1.54, 1.807) is 0 Å². The van der Waals surface area contributed by atoms with E-state index in [0.717, 1.165) is 42.2 Å². The summed E-state index contributed by atoms with van der Waals surface area (Å²) in [5, 5.41) is 13.5. The van der Waals surface area contributed by atoms with Crippen LogP contribution in [0.25, 0.3) is 0 Å². The lowest BCUT2D eigenvalue weighted by molar-refractivity contribution is -0.385. The molecule has 122 valence electrons. The lowest BCUT2D eigenvalue weighted by Crippen LogP contribution is -2.37. The van der Waals surface area contributed by atoms with Crippen molar-refractivity contribution in [2.24, 2.45) is 5.92 Å². The molecular formula is C15H23N3O4. The van der Waals surface area contributed by atoms with Crippen molar-refractivity contribution in [1.29, 1.82) is 0 Å². The summed E-state index contributed by atoms with van der Waals surface area (Å²) >= 11 is 0. The van der Waals surface area contributed by atoms with Crippen molar-refractivity contribution in [2.45, 2.75) is 52.6 Å². The van der Waals surface area contributed by atoms with Gasteiger partial charge in [-0.2, -0.15) is 0 Å². The number of rotatable bonds is 8. The van der Waals surface area contributed by atoms with E-state index in [0.29, 0.717) is 5.92 Å². The molecule has 0 radical (unpaired) electrons. The number of hydrogen-bond donors (Lipinski definition) is 1. The van der Waals surface area contributed by atoms with E-state index in [2.05, 4.69) is 19.2 Å². The molecule has 0 aliphatic rings. The van der Waals surface area contributed by atoms with E-state index in [4.69, 9.17) is 0 Å². The first-order valence-corrected chi connectivity index (χ1v) is 7.44. The summed E-state index contributed by atoms with van der Waals surface area (Å²) in [7, 11) is 0. The molecule has 0 fully saturated rings. The van der Waals surface area contributed by atoms with E-state index in [9.17, 15) is 19.7 Å². The highest BCUT2D eigenvalue weighted by atomic mass is 16.6. The van der Waals surface area contributed by atoms with Gasteiger partial charge in [0.2, 0.25) is 5.91 Å². The first-order chi connectivity index (χ1) is 10.3. The van der Waals surface area contributed by atoms with Gasteiger partial charge in [-0.3, -0.25) is 24.3 Å². The average molecular weight is 309 g/mol. The van der Waals surface area contributed by atoms with Gasteiger partial charge in [-0.15, -0.1) is 0 Å². The number of nitrogens with zero attached hydrogens (tertiary/aromatic N) is 2. The molecular weight excluding hydrogens is 286 g/mol. The molecule has 7 heteroatoms. The summed E-state index contributed by atoms with van der Waals surface area (Å²) in [4.78, 5) is 33.6. The molecule has 1 aromatic rings. The maximum atomic E-state index is 11.9. The second-order valence-corrected chi connectivity index (χ2v) is 5.90. The van der Waals surface area contributed by atoms with Crippen molar-refractivity contribution in [1.82, 2.24) is 9.88 Å². The summed E-state index contributed by atoms with van der Waals surface area (Å²) in [6.07, 6.45) is 4.08. The predicted octanol–water partition coefficient (Wildman–Crippen LogP) is 2.09. The Hall–Kier alpha value is -2.18. The zero-order chi connectivity index (χ0) is 16.7. The third-order valence-electron chi connectivity index (χ3n) is 3.32. The molecule has 0 saturated carbocycles. The van der Waals surface area contributed by atoms with E-state index < -0.39 is 10.5 Å². The zero-order valence-corrected chi connectivity index (χ0v) is 13.2. The molecule has 1 aromatic heterocycles. The Balaban J connectivity index is 2.56. The van der Waals surface area contributed by atoms with Crippen molar-refractivity contribution in [3.05, 3.63) is 38.8 Å². The predicted molar refractivity (Wildman–Crippen MR) is 83.7 cm³/mol. The van der Waals surface area contributed by atoms with E-state index in [1.807, 2.05) is 6.92 Å². The van der Waals surface area contributed by atoms with E-state index in [1.165, 1.54) is 0 Å². The first kappa shape index (κ1) is 17.9. The Morgan fingerprint density at radius 1 is 1.32 bits per heavy atom. The van der Waals surface area contributed by atoms with Crippen LogP contribution in [0.3, 0.4) is 0 Å². The highest BCUT2D eigenvalue weighted by molar-refractivity contribution is 5.76. The molecule has 0 aliphatic carbocycles. The van der Waals surface area contributed by atoms with Crippen molar-refractivity contribution in [2.75, 3.05) is 0 Å². The molecule has 0 aromatic carbocycles. The summed E-state index contributed by atoms with van der Waals surface area (Å²) in [6, 6.07) is 2.24. The van der Waals surface area contributed by atoms with Gasteiger partial charge in [-0.05, 0) is 19.3 Å². The second kappa shape index (κ2) is 8.31. The molecule has 1 amide bonds. The first-order valence-electron chi connectivity index (χ1n) is 7.44. The average Bonchev–Trinajstić information content (AvgIpc) is 2.40. The van der Waals surface area contributed by atoms with E-state index in [-0.39, 0.29) is 24.2 Å². The van der Waals surface area contributed by atoms with Gasteiger partial charge in [-0.1, -0.05) is 26.7 Å². The maximum absolute atomic E-state index is 11.9. The van der Waals surface area contributed by atoms with Gasteiger partial charge in [0, 0.05) is 18.2 Å². The van der Waals surface area contributed by atoms with Crippen LogP contribution in [0.5, 0.6) is 0 Å². The summed E-state index contributed by atoms with van der Waals surface area (Å²) in [6.45, 7) is 6.00. The standard InChI is InChI=1S/C15H23N3O4/c1-11(2)5-4-6-12(3)16-14(19)10-17-9-13(18(21)22)7-8-15(17)20/h7-9,11-12H,4-6,10H2,1-3H3,(H,16,19). The Morgan fingerprint density at radius 3 is 2.59 bits per heavy atom. The SMILES string of the molecule is CC(C)CCCC(C)NC(=O)Cn1cc([N+](=O)[O-])ccc1=O. The van der Waals surface area contributed by atoms with Crippen molar-refractivity contribution < 1.29 is 9.72 Å². The molecule has 1 unspecified atom stereocenters. The Labute approximate surface area is 129 Å². The Morgan fingerprint density at radius 2 is 2.00 bits per heavy atom. The fourth-order valence-corrected chi connectivity index (χ4v) is 2.13. The molecule has 7 nitrogen and oxygen atoms in total. The summed E-state index contributed by atoms with van der Waals surface area (Å²) in [5.74, 6) is 0.311. The van der Waals surface area contributed by atoms with Crippen LogP contribution in [0.15, 0.2) is 23.1 Å². The number of carbonyl (C=O) groups excluding carboxylic acids is 1. The molecule has 1 N–H and O–H groups in total. The number of amides is 1. The van der Waals surface area contributed by atoms with Gasteiger partial charge in [0.25, 0.3) is 11.2 Å². The van der Waals surface area contributed by atoms with E-state index >= 15 is 0 Å². The van der Waals surface area contributed by atoms with Crippen LogP contribution in [0.4, 0.5) is 5.69 Å². The quantitative estimate of drug-likeness (QED) is 0.587. The number of nitrogens with one attached hydrogen (secondary N) is 1. The topological polar surface area (TPSA) is 94.2 Å². The van der Waals surface area contributed by atoms with Gasteiger partial charge < -0.3 is 5.32 Å². The van der Waals surface area contributed by atoms with Crippen LogP contribution in [0.1, 0.15) is 40.0 Å². The highest BCUT2D eigenvalue weighted by Crippen LogP contribution is 2.08. The minimum Gasteiger partial charge on any atom is -0.352 e. The van der Waals surface area contributed by atoms with Crippen LogP contribution < -0.4 is 10.9 Å². The monoisotopic (exact) mass is 309 g/mol. The summed E-state index contributed by atoms with van der Waals surface area (Å²) in [5.41, 5.74) is -0.648. The molecule has 22 heavy (non-hydrogen) atoms. The van der Waals surface area contributed by atoms with Gasteiger partial charge in [0.05, 0.1) is 11.1 Å². The molecule has 0 aliphatic heterocycles. The highest BCUT2D eigenvalue weighted by Gasteiger charge is 2.12. The van der Waals surface area contributed by atoms with Crippen LogP contribution in [0, 0.1) is 16.0 Å². The smallest absolute Gasteiger partial charge is 0.285 e. The minimum absolute atomic E-state index is 0.0145. The van der Waals surface area contributed by atoms with Crippen molar-refractivity contribution in [3.8, 4) is 0 Å². The minimum atomic E-state index is -0.595. The molecule has 1 heterocycles. The fourth-order valence-electron chi connectivity index (χ4n) is 2.13. The molecule has 1 rings (SSSR count). The third-order valence-corrected chi connectivity index (χ3v) is 3.32. The number of carbonyl (C=O) groups is 1. The number of hydrogen-bond acceptors (Lipinski definition) is 4. The fraction of sp³-hybridized carbons (Fsp3) is 0.600. The molecule has 1 atom stereocenters. The molecule has 0 spiro atoms. The maximum Gasteiger partial charge on any atom is 0.285 e. The third kappa shape index (κ3) is 6.07. The van der Waals surface area contributed by atoms with Crippen LogP contribution in [-0.2, 0) is 11.3 Å². The largest absolute Gasteiger partial charge is 0.352 e. The lowest BCUT2D eigenvalue weighted by atomic mass is 10.0. The van der Waals surface area contributed by atoms with Crippen LogP contribution in [0.2, 0.25) is 0 Å². The zero-order valence-electron chi connectivity index (χ0n) is 13.2. The second-order valence-electron chi connectivity index (χ2n) is 5.90. The van der Waals surface area contributed by atoms with Gasteiger partial charge in [-0.25, -0.2) is 0 Å².